The molecule has 1 saturated heterocycles. The standard InChI is InChI=1S/C18H13BrIN3O2S/c1-10-8-12(4-7-15(10)20)21-9-14-16(24)22-18(26)23(17(14)25)13-5-2-11(19)3-6-13/h2-9,14H,1H3,(H,22,24,26)/t14-/m1/s1. The monoisotopic (exact) mass is 541 g/mol. The van der Waals surface area contributed by atoms with Gasteiger partial charge < -0.3 is 5.32 Å². The van der Waals surface area contributed by atoms with Gasteiger partial charge >= 0.3 is 0 Å². The van der Waals surface area contributed by atoms with Crippen LogP contribution < -0.4 is 10.2 Å². The van der Waals surface area contributed by atoms with Gasteiger partial charge in [-0.25, -0.2) is 0 Å². The Morgan fingerprint density at radius 2 is 1.92 bits per heavy atom. The van der Waals surface area contributed by atoms with Crippen LogP contribution in [0.4, 0.5) is 11.4 Å². The third-order valence-electron chi connectivity index (χ3n) is 3.80. The van der Waals surface area contributed by atoms with Crippen LogP contribution in [0.25, 0.3) is 0 Å². The third kappa shape index (κ3) is 4.02. The molecule has 26 heavy (non-hydrogen) atoms. The molecule has 132 valence electrons. The second-order valence-corrected chi connectivity index (χ2v) is 8.10. The maximum atomic E-state index is 12.8. The highest BCUT2D eigenvalue weighted by atomic mass is 127. The molecule has 3 rings (SSSR count). The minimum Gasteiger partial charge on any atom is -0.301 e. The second kappa shape index (κ2) is 7.93. The van der Waals surface area contributed by atoms with E-state index in [-0.39, 0.29) is 5.11 Å². The minimum atomic E-state index is -1.04. The maximum absolute atomic E-state index is 12.8. The van der Waals surface area contributed by atoms with E-state index in [1.807, 2.05) is 25.1 Å². The first kappa shape index (κ1) is 19.1. The highest BCUT2D eigenvalue weighted by Gasteiger charge is 2.38. The molecule has 2 amide bonds. The highest BCUT2D eigenvalue weighted by molar-refractivity contribution is 14.1. The van der Waals surface area contributed by atoms with Crippen LogP contribution >= 0.6 is 50.7 Å². The van der Waals surface area contributed by atoms with E-state index < -0.39 is 17.7 Å². The topological polar surface area (TPSA) is 61.8 Å². The van der Waals surface area contributed by atoms with Gasteiger partial charge in [0.2, 0.25) is 5.91 Å². The highest BCUT2D eigenvalue weighted by Crippen LogP contribution is 2.24. The maximum Gasteiger partial charge on any atom is 0.251 e. The summed E-state index contributed by atoms with van der Waals surface area (Å²) in [5.41, 5.74) is 2.36. The Hall–Kier alpha value is -1.65. The van der Waals surface area contributed by atoms with Crippen LogP contribution in [0.15, 0.2) is 51.9 Å². The number of rotatable bonds is 3. The second-order valence-electron chi connectivity index (χ2n) is 5.63. The summed E-state index contributed by atoms with van der Waals surface area (Å²) in [5.74, 6) is -1.93. The molecule has 0 unspecified atom stereocenters. The fourth-order valence-corrected chi connectivity index (χ4v) is 3.32. The molecule has 0 bridgehead atoms. The summed E-state index contributed by atoms with van der Waals surface area (Å²) in [5, 5.41) is 2.64. The zero-order valence-corrected chi connectivity index (χ0v) is 18.1. The number of aryl methyl sites for hydroxylation is 1. The van der Waals surface area contributed by atoms with Crippen molar-refractivity contribution in [3.8, 4) is 0 Å². The number of benzene rings is 2. The lowest BCUT2D eigenvalue weighted by Crippen LogP contribution is -2.58. The van der Waals surface area contributed by atoms with Gasteiger partial charge in [-0.1, -0.05) is 15.9 Å². The summed E-state index contributed by atoms with van der Waals surface area (Å²) >= 11 is 10.8. The third-order valence-corrected chi connectivity index (χ3v) is 5.82. The number of nitrogens with zero attached hydrogens (tertiary/aromatic N) is 2. The summed E-state index contributed by atoms with van der Waals surface area (Å²) in [4.78, 5) is 30.7. The van der Waals surface area contributed by atoms with Gasteiger partial charge in [-0.05, 0) is 89.8 Å². The molecule has 1 aliphatic heterocycles. The molecule has 2 aromatic rings. The first-order chi connectivity index (χ1) is 12.4. The van der Waals surface area contributed by atoms with Crippen molar-refractivity contribution in [2.75, 3.05) is 4.90 Å². The lowest BCUT2D eigenvalue weighted by atomic mass is 10.1. The van der Waals surface area contributed by atoms with Crippen LogP contribution in [0.5, 0.6) is 0 Å². The SMILES string of the molecule is Cc1cc(N=C[C@@H]2C(=O)NC(=S)N(c3ccc(Br)cc3)C2=O)ccc1I. The van der Waals surface area contributed by atoms with E-state index in [1.165, 1.54) is 11.1 Å². The largest absolute Gasteiger partial charge is 0.301 e. The molecule has 1 heterocycles. The van der Waals surface area contributed by atoms with E-state index >= 15 is 0 Å². The lowest BCUT2D eigenvalue weighted by molar-refractivity contribution is -0.130. The minimum absolute atomic E-state index is 0.0667. The van der Waals surface area contributed by atoms with E-state index in [0.29, 0.717) is 11.4 Å². The van der Waals surface area contributed by atoms with Gasteiger partial charge in [0.15, 0.2) is 11.0 Å². The van der Waals surface area contributed by atoms with Gasteiger partial charge in [0.05, 0.1) is 11.4 Å². The molecule has 1 atom stereocenters. The summed E-state index contributed by atoms with van der Waals surface area (Å²) in [6.45, 7) is 1.98. The van der Waals surface area contributed by atoms with Crippen LogP contribution in [0.1, 0.15) is 5.56 Å². The van der Waals surface area contributed by atoms with Crippen molar-refractivity contribution in [1.82, 2.24) is 5.32 Å². The molecular weight excluding hydrogens is 529 g/mol. The van der Waals surface area contributed by atoms with E-state index in [1.54, 1.807) is 24.3 Å². The predicted octanol–water partition coefficient (Wildman–Crippen LogP) is 4.13. The predicted molar refractivity (Wildman–Crippen MR) is 118 cm³/mol. The molecule has 1 fully saturated rings. The van der Waals surface area contributed by atoms with Gasteiger partial charge in [0.25, 0.3) is 5.91 Å². The molecule has 8 heteroatoms. The van der Waals surface area contributed by atoms with Crippen LogP contribution in [0, 0.1) is 16.4 Å². The van der Waals surface area contributed by atoms with Crippen LogP contribution in [0.3, 0.4) is 0 Å². The Morgan fingerprint density at radius 3 is 2.58 bits per heavy atom. The Balaban J connectivity index is 1.88. The molecule has 0 aromatic heterocycles. The van der Waals surface area contributed by atoms with Gasteiger partial charge in [-0.15, -0.1) is 0 Å². The quantitative estimate of drug-likeness (QED) is 0.275. The Labute approximate surface area is 178 Å². The molecule has 0 spiro atoms. The molecular formula is C18H13BrIN3O2S. The molecule has 2 aromatic carbocycles. The number of hydrogen-bond acceptors (Lipinski definition) is 4. The number of halogens is 2. The van der Waals surface area contributed by atoms with E-state index in [0.717, 1.165) is 13.6 Å². The normalized spacial score (nSPS) is 17.7. The Kier molecular flexibility index (Phi) is 5.83. The smallest absolute Gasteiger partial charge is 0.251 e. The number of carbonyl (C=O) groups is 2. The number of amides is 2. The number of thiocarbonyl (C=S) groups is 1. The van der Waals surface area contributed by atoms with Crippen molar-refractivity contribution >= 4 is 85.3 Å². The Morgan fingerprint density at radius 1 is 1.23 bits per heavy atom. The van der Waals surface area contributed by atoms with Crippen molar-refractivity contribution in [3.63, 3.8) is 0 Å². The lowest BCUT2D eigenvalue weighted by Gasteiger charge is -2.30. The van der Waals surface area contributed by atoms with Gasteiger partial charge in [0, 0.05) is 14.3 Å². The first-order valence-electron chi connectivity index (χ1n) is 7.61. The van der Waals surface area contributed by atoms with Crippen molar-refractivity contribution in [3.05, 3.63) is 56.1 Å². The number of carbonyl (C=O) groups excluding carboxylic acids is 2. The average molecular weight is 542 g/mol. The van der Waals surface area contributed by atoms with Crippen LogP contribution in [-0.2, 0) is 9.59 Å². The summed E-state index contributed by atoms with van der Waals surface area (Å²) in [6.07, 6.45) is 1.37. The Bertz CT molecular complexity index is 931. The molecule has 0 saturated carbocycles. The van der Waals surface area contributed by atoms with E-state index in [4.69, 9.17) is 12.2 Å². The summed E-state index contributed by atoms with van der Waals surface area (Å²) in [6, 6.07) is 12.8. The molecule has 0 radical (unpaired) electrons. The van der Waals surface area contributed by atoms with Crippen molar-refractivity contribution in [1.29, 1.82) is 0 Å². The zero-order valence-electron chi connectivity index (χ0n) is 13.6. The summed E-state index contributed by atoms with van der Waals surface area (Å²) in [7, 11) is 0. The molecule has 5 nitrogen and oxygen atoms in total. The van der Waals surface area contributed by atoms with Crippen LogP contribution in [0.2, 0.25) is 0 Å². The van der Waals surface area contributed by atoms with Gasteiger partial charge in [-0.3, -0.25) is 19.5 Å². The summed E-state index contributed by atoms with van der Waals surface area (Å²) < 4.78 is 2.01. The zero-order chi connectivity index (χ0) is 18.8. The average Bonchev–Trinajstić information content (AvgIpc) is 2.59. The molecule has 1 aliphatic rings. The first-order valence-corrected chi connectivity index (χ1v) is 9.89. The van der Waals surface area contributed by atoms with Gasteiger partial charge in [-0.2, -0.15) is 0 Å². The molecule has 0 aliphatic carbocycles. The van der Waals surface area contributed by atoms with Gasteiger partial charge in [0.1, 0.15) is 0 Å². The van der Waals surface area contributed by atoms with Crippen molar-refractivity contribution < 1.29 is 9.59 Å². The van der Waals surface area contributed by atoms with E-state index in [9.17, 15) is 9.59 Å². The number of aliphatic imine (C=N–C) groups is 1. The number of hydrogen-bond donors (Lipinski definition) is 1. The van der Waals surface area contributed by atoms with E-state index in [2.05, 4.69) is 48.8 Å². The number of anilines is 1. The fourth-order valence-electron chi connectivity index (χ4n) is 2.43. The number of nitrogens with one attached hydrogen (secondary N) is 1. The fraction of sp³-hybridized carbons (Fsp3) is 0.111. The van der Waals surface area contributed by atoms with Crippen LogP contribution in [-0.4, -0.2) is 23.1 Å². The molecule has 1 N–H and O–H groups in total. The van der Waals surface area contributed by atoms with Crippen molar-refractivity contribution in [2.24, 2.45) is 10.9 Å². The van der Waals surface area contributed by atoms with Crippen molar-refractivity contribution in [2.45, 2.75) is 6.92 Å².